The number of anilines is 1. The Bertz CT molecular complexity index is 965. The van der Waals surface area contributed by atoms with Gasteiger partial charge in [-0.2, -0.15) is 0 Å². The topological polar surface area (TPSA) is 70.7 Å². The predicted molar refractivity (Wildman–Crippen MR) is 124 cm³/mol. The van der Waals surface area contributed by atoms with E-state index in [0.717, 1.165) is 42.8 Å². The maximum Gasteiger partial charge on any atom is 0.321 e. The molecule has 1 spiro atoms. The van der Waals surface area contributed by atoms with Crippen LogP contribution in [-0.4, -0.2) is 42.1 Å². The Morgan fingerprint density at radius 2 is 1.72 bits per heavy atom. The second-order valence-corrected chi connectivity index (χ2v) is 9.46. The highest BCUT2D eigenvalue weighted by molar-refractivity contribution is 5.89. The van der Waals surface area contributed by atoms with E-state index in [2.05, 4.69) is 16.7 Å². The number of urea groups is 1. The van der Waals surface area contributed by atoms with Crippen LogP contribution < -0.4 is 15.4 Å². The lowest BCUT2D eigenvalue weighted by Crippen LogP contribution is -2.52. The van der Waals surface area contributed by atoms with Crippen LogP contribution in [-0.2, 0) is 4.79 Å². The van der Waals surface area contributed by atoms with E-state index in [1.165, 1.54) is 12.8 Å². The zero-order valence-electron chi connectivity index (χ0n) is 18.4. The van der Waals surface area contributed by atoms with Crippen LogP contribution in [0.15, 0.2) is 54.6 Å². The Kier molecular flexibility index (Phi) is 5.77. The summed E-state index contributed by atoms with van der Waals surface area (Å²) in [6, 6.07) is 17.6. The molecule has 3 amide bonds. The number of rotatable bonds is 5. The fourth-order valence-electron chi connectivity index (χ4n) is 4.95. The van der Waals surface area contributed by atoms with Gasteiger partial charge in [0.1, 0.15) is 11.4 Å². The van der Waals surface area contributed by atoms with Gasteiger partial charge in [0.25, 0.3) is 0 Å². The highest BCUT2D eigenvalue weighted by atomic mass is 16.5. The summed E-state index contributed by atoms with van der Waals surface area (Å²) >= 11 is 0. The van der Waals surface area contributed by atoms with Gasteiger partial charge in [0, 0.05) is 50.5 Å². The largest absolute Gasteiger partial charge is 0.487 e. The van der Waals surface area contributed by atoms with Crippen LogP contribution in [0.5, 0.6) is 5.75 Å². The number of para-hydroxylation sites is 2. The third kappa shape index (κ3) is 4.74. The number of fused-ring (bicyclic) bond motifs is 1. The summed E-state index contributed by atoms with van der Waals surface area (Å²) in [6.45, 7) is 2.09. The molecule has 6 nitrogen and oxygen atoms in total. The third-order valence-corrected chi connectivity index (χ3v) is 7.01. The van der Waals surface area contributed by atoms with Gasteiger partial charge < -0.3 is 20.3 Å². The number of hydrogen-bond donors (Lipinski definition) is 2. The van der Waals surface area contributed by atoms with E-state index >= 15 is 0 Å². The van der Waals surface area contributed by atoms with Gasteiger partial charge in [0.2, 0.25) is 5.91 Å². The minimum atomic E-state index is -0.320. The molecule has 2 N–H and O–H groups in total. The number of nitrogens with zero attached hydrogens (tertiary/aromatic N) is 1. The zero-order chi connectivity index (χ0) is 22.0. The number of amides is 3. The Balaban J connectivity index is 1.23. The maximum absolute atomic E-state index is 12.7. The monoisotopic (exact) mass is 433 g/mol. The lowest BCUT2D eigenvalue weighted by atomic mass is 9.76. The molecular formula is C26H31N3O3. The van der Waals surface area contributed by atoms with Crippen molar-refractivity contribution in [3.05, 3.63) is 60.2 Å². The first-order valence-electron chi connectivity index (χ1n) is 11.8. The normalized spacial score (nSPS) is 21.4. The van der Waals surface area contributed by atoms with Crippen LogP contribution in [0.1, 0.15) is 50.0 Å². The average Bonchev–Trinajstić information content (AvgIpc) is 3.63. The van der Waals surface area contributed by atoms with Gasteiger partial charge in [0.15, 0.2) is 0 Å². The molecule has 1 aliphatic carbocycles. The SMILES string of the molecule is O=C(C[C@H]1CC2(CCN(C(=O)Nc3ccccc3)CC2)Oc2ccccc21)NCC1CC1. The molecular weight excluding hydrogens is 402 g/mol. The van der Waals surface area contributed by atoms with Gasteiger partial charge in [-0.15, -0.1) is 0 Å². The van der Waals surface area contributed by atoms with E-state index in [1.54, 1.807) is 0 Å². The van der Waals surface area contributed by atoms with Gasteiger partial charge >= 0.3 is 6.03 Å². The highest BCUT2D eigenvalue weighted by Crippen LogP contribution is 2.46. The van der Waals surface area contributed by atoms with Gasteiger partial charge in [-0.1, -0.05) is 36.4 Å². The first kappa shape index (κ1) is 20.9. The van der Waals surface area contributed by atoms with Crippen molar-refractivity contribution in [2.45, 2.75) is 50.0 Å². The standard InChI is InChI=1S/C26H31N3O3/c30-24(27-18-19-10-11-19)16-20-17-26(32-23-9-5-4-8-22(20)23)12-14-29(15-13-26)25(31)28-21-6-2-1-3-7-21/h1-9,19-20H,10-18H2,(H,27,30)(H,28,31)/t20-/m0/s1. The predicted octanol–water partition coefficient (Wildman–Crippen LogP) is 4.54. The quantitative estimate of drug-likeness (QED) is 0.728. The molecule has 2 fully saturated rings. The molecule has 1 saturated carbocycles. The van der Waals surface area contributed by atoms with E-state index in [9.17, 15) is 9.59 Å². The molecule has 3 aliphatic rings. The molecule has 0 aromatic heterocycles. The smallest absolute Gasteiger partial charge is 0.321 e. The molecule has 0 unspecified atom stereocenters. The van der Waals surface area contributed by atoms with Crippen LogP contribution in [0.2, 0.25) is 0 Å². The number of carbonyl (C=O) groups excluding carboxylic acids is 2. The van der Waals surface area contributed by atoms with Crippen molar-refractivity contribution in [1.29, 1.82) is 0 Å². The summed E-state index contributed by atoms with van der Waals surface area (Å²) in [5.41, 5.74) is 1.61. The van der Waals surface area contributed by atoms with Gasteiger partial charge in [-0.3, -0.25) is 4.79 Å². The third-order valence-electron chi connectivity index (χ3n) is 7.01. The molecule has 0 bridgehead atoms. The van der Waals surface area contributed by atoms with Gasteiger partial charge in [-0.05, 0) is 48.9 Å². The zero-order valence-corrected chi connectivity index (χ0v) is 18.4. The Hall–Kier alpha value is -3.02. The average molecular weight is 434 g/mol. The number of carbonyl (C=O) groups is 2. The van der Waals surface area contributed by atoms with Crippen LogP contribution >= 0.6 is 0 Å². The Morgan fingerprint density at radius 1 is 1.00 bits per heavy atom. The first-order chi connectivity index (χ1) is 15.6. The van der Waals surface area contributed by atoms with Crippen molar-refractivity contribution < 1.29 is 14.3 Å². The number of hydrogen-bond acceptors (Lipinski definition) is 3. The van der Waals surface area contributed by atoms with Crippen molar-refractivity contribution in [2.24, 2.45) is 5.92 Å². The van der Waals surface area contributed by atoms with Crippen LogP contribution in [0.3, 0.4) is 0 Å². The summed E-state index contributed by atoms with van der Waals surface area (Å²) < 4.78 is 6.54. The van der Waals surface area contributed by atoms with E-state index in [-0.39, 0.29) is 23.5 Å². The fraction of sp³-hybridized carbons (Fsp3) is 0.462. The lowest BCUT2D eigenvalue weighted by molar-refractivity contribution is -0.122. The number of piperidine rings is 1. The van der Waals surface area contributed by atoms with Crippen LogP contribution in [0, 0.1) is 5.92 Å². The van der Waals surface area contributed by atoms with E-state index in [0.29, 0.717) is 25.4 Å². The molecule has 5 rings (SSSR count). The Labute approximate surface area is 189 Å². The molecule has 0 radical (unpaired) electrons. The van der Waals surface area contributed by atoms with Crippen molar-refractivity contribution >= 4 is 17.6 Å². The molecule has 32 heavy (non-hydrogen) atoms. The molecule has 168 valence electrons. The second kappa shape index (κ2) is 8.85. The molecule has 2 heterocycles. The van der Waals surface area contributed by atoms with Crippen molar-refractivity contribution in [1.82, 2.24) is 10.2 Å². The number of benzene rings is 2. The summed E-state index contributed by atoms with van der Waals surface area (Å²) in [4.78, 5) is 27.2. The van der Waals surface area contributed by atoms with Gasteiger partial charge in [-0.25, -0.2) is 4.79 Å². The van der Waals surface area contributed by atoms with Crippen molar-refractivity contribution in [2.75, 3.05) is 25.0 Å². The van der Waals surface area contributed by atoms with Crippen LogP contribution in [0.25, 0.3) is 0 Å². The van der Waals surface area contributed by atoms with E-state index < -0.39 is 0 Å². The van der Waals surface area contributed by atoms with E-state index in [1.807, 2.05) is 53.4 Å². The number of nitrogens with one attached hydrogen (secondary N) is 2. The lowest BCUT2D eigenvalue weighted by Gasteiger charge is -2.46. The molecule has 2 aromatic carbocycles. The summed E-state index contributed by atoms with van der Waals surface area (Å²) in [7, 11) is 0. The summed E-state index contributed by atoms with van der Waals surface area (Å²) in [5, 5.41) is 6.09. The number of likely N-dealkylation sites (tertiary alicyclic amines) is 1. The highest BCUT2D eigenvalue weighted by Gasteiger charge is 2.44. The van der Waals surface area contributed by atoms with Gasteiger partial charge in [0.05, 0.1) is 0 Å². The summed E-state index contributed by atoms with van der Waals surface area (Å²) in [5.74, 6) is 1.84. The molecule has 6 heteroatoms. The summed E-state index contributed by atoms with van der Waals surface area (Å²) in [6.07, 6.45) is 5.31. The maximum atomic E-state index is 12.7. The van der Waals surface area contributed by atoms with Crippen LogP contribution in [0.4, 0.5) is 10.5 Å². The first-order valence-corrected chi connectivity index (χ1v) is 11.8. The molecule has 1 atom stereocenters. The molecule has 1 saturated heterocycles. The van der Waals surface area contributed by atoms with Crippen molar-refractivity contribution in [3.63, 3.8) is 0 Å². The van der Waals surface area contributed by atoms with E-state index in [4.69, 9.17) is 4.74 Å². The van der Waals surface area contributed by atoms with Crippen molar-refractivity contribution in [3.8, 4) is 5.75 Å². The minimum Gasteiger partial charge on any atom is -0.487 e. The molecule has 2 aromatic rings. The molecule has 2 aliphatic heterocycles. The second-order valence-electron chi connectivity index (χ2n) is 9.46. The fourth-order valence-corrected chi connectivity index (χ4v) is 4.95. The Morgan fingerprint density at radius 3 is 2.47 bits per heavy atom. The minimum absolute atomic E-state index is 0.0711. The number of ether oxygens (including phenoxy) is 1.